The Labute approximate surface area is 176 Å². The normalized spacial score (nSPS) is 14.9. The van der Waals surface area contributed by atoms with Crippen LogP contribution in [0.5, 0.6) is 0 Å². The molecule has 0 bridgehead atoms. The van der Waals surface area contributed by atoms with Gasteiger partial charge in [-0.15, -0.1) is 12.4 Å². The fraction of sp³-hybridized carbons (Fsp3) is 0.333. The largest absolute Gasteiger partial charge is 0.339 e. The third-order valence-corrected chi connectivity index (χ3v) is 5.23. The van der Waals surface area contributed by atoms with Gasteiger partial charge in [0.15, 0.2) is 0 Å². The number of hydrogen-bond donors (Lipinski definition) is 1. The smallest absolute Gasteiger partial charge is 0.239 e. The summed E-state index contributed by atoms with van der Waals surface area (Å²) in [6, 6.07) is 16.6. The van der Waals surface area contributed by atoms with E-state index in [1.807, 2.05) is 48.5 Å². The maximum Gasteiger partial charge on any atom is 0.239 e. The number of carbonyl (C=O) groups excluding carboxylic acids is 2. The van der Waals surface area contributed by atoms with Gasteiger partial charge in [0.25, 0.3) is 0 Å². The molecular weight excluding hydrogens is 397 g/mol. The van der Waals surface area contributed by atoms with Gasteiger partial charge in [-0.25, -0.2) is 0 Å². The molecule has 0 aliphatic carbocycles. The van der Waals surface area contributed by atoms with Crippen LogP contribution in [0.4, 0.5) is 0 Å². The molecular formula is C21H25Cl2N3O2. The van der Waals surface area contributed by atoms with Crippen molar-refractivity contribution in [1.82, 2.24) is 9.80 Å². The van der Waals surface area contributed by atoms with Crippen LogP contribution in [-0.2, 0) is 22.4 Å². The fourth-order valence-electron chi connectivity index (χ4n) is 3.28. The van der Waals surface area contributed by atoms with Crippen molar-refractivity contribution in [3.63, 3.8) is 0 Å². The molecule has 0 saturated carbocycles. The molecule has 2 aromatic rings. The van der Waals surface area contributed by atoms with Gasteiger partial charge in [0.2, 0.25) is 11.8 Å². The van der Waals surface area contributed by atoms with Gasteiger partial charge in [-0.3, -0.25) is 9.59 Å². The SMILES string of the molecule is Cl.N[C@@H](Cc1ccccc1)C(=O)N1CCN(C(=O)Cc2ccccc2Cl)CC1. The summed E-state index contributed by atoms with van der Waals surface area (Å²) in [5.41, 5.74) is 7.98. The Kier molecular flexibility index (Phi) is 8.30. The van der Waals surface area contributed by atoms with Gasteiger partial charge in [-0.1, -0.05) is 60.1 Å². The Morgan fingerprint density at radius 1 is 0.929 bits per heavy atom. The minimum absolute atomic E-state index is 0. The lowest BCUT2D eigenvalue weighted by Gasteiger charge is -2.36. The molecule has 2 N–H and O–H groups in total. The summed E-state index contributed by atoms with van der Waals surface area (Å²) >= 11 is 6.14. The second-order valence-electron chi connectivity index (χ2n) is 6.77. The third-order valence-electron chi connectivity index (χ3n) is 4.86. The van der Waals surface area contributed by atoms with Crippen LogP contribution in [0, 0.1) is 0 Å². The molecule has 3 rings (SSSR count). The van der Waals surface area contributed by atoms with Crippen molar-refractivity contribution in [2.75, 3.05) is 26.2 Å². The summed E-state index contributed by atoms with van der Waals surface area (Å²) in [4.78, 5) is 28.6. The first-order chi connectivity index (χ1) is 13.0. The van der Waals surface area contributed by atoms with Gasteiger partial charge in [0.1, 0.15) is 0 Å². The van der Waals surface area contributed by atoms with E-state index in [1.165, 1.54) is 0 Å². The lowest BCUT2D eigenvalue weighted by atomic mass is 10.1. The van der Waals surface area contributed by atoms with Crippen LogP contribution in [0.3, 0.4) is 0 Å². The summed E-state index contributed by atoms with van der Waals surface area (Å²) in [5, 5.41) is 0.603. The van der Waals surface area contributed by atoms with E-state index < -0.39 is 6.04 Å². The molecule has 5 nitrogen and oxygen atoms in total. The molecule has 1 heterocycles. The van der Waals surface area contributed by atoms with Crippen molar-refractivity contribution in [3.8, 4) is 0 Å². The molecule has 1 atom stereocenters. The molecule has 2 aromatic carbocycles. The van der Waals surface area contributed by atoms with Crippen molar-refractivity contribution in [2.24, 2.45) is 5.73 Å². The number of rotatable bonds is 5. The van der Waals surface area contributed by atoms with Crippen LogP contribution in [0.1, 0.15) is 11.1 Å². The number of amides is 2. The number of halogens is 2. The van der Waals surface area contributed by atoms with Gasteiger partial charge in [-0.2, -0.15) is 0 Å². The third kappa shape index (κ3) is 5.71. The Bertz CT molecular complexity index is 793. The molecule has 2 amide bonds. The quantitative estimate of drug-likeness (QED) is 0.806. The molecule has 1 saturated heterocycles. The summed E-state index contributed by atoms with van der Waals surface area (Å²) in [6.45, 7) is 2.06. The molecule has 0 aromatic heterocycles. The van der Waals surface area contributed by atoms with Gasteiger partial charge in [0.05, 0.1) is 12.5 Å². The highest BCUT2D eigenvalue weighted by Gasteiger charge is 2.27. The van der Waals surface area contributed by atoms with Gasteiger partial charge < -0.3 is 15.5 Å². The summed E-state index contributed by atoms with van der Waals surface area (Å²) in [5.74, 6) is -0.0270. The van der Waals surface area contributed by atoms with E-state index in [2.05, 4.69) is 0 Å². The number of piperazine rings is 1. The van der Waals surface area contributed by atoms with E-state index in [1.54, 1.807) is 15.9 Å². The zero-order valence-corrected chi connectivity index (χ0v) is 17.2. The van der Waals surface area contributed by atoms with E-state index in [4.69, 9.17) is 17.3 Å². The maximum atomic E-state index is 12.6. The first-order valence-corrected chi connectivity index (χ1v) is 9.52. The van der Waals surface area contributed by atoms with Crippen molar-refractivity contribution < 1.29 is 9.59 Å². The highest BCUT2D eigenvalue weighted by Crippen LogP contribution is 2.17. The van der Waals surface area contributed by atoms with Crippen LogP contribution in [-0.4, -0.2) is 53.8 Å². The monoisotopic (exact) mass is 421 g/mol. The van der Waals surface area contributed by atoms with Crippen LogP contribution in [0.15, 0.2) is 54.6 Å². The summed E-state index contributed by atoms with van der Waals surface area (Å²) in [6.07, 6.45) is 0.798. The predicted molar refractivity (Wildman–Crippen MR) is 114 cm³/mol. The predicted octanol–water partition coefficient (Wildman–Crippen LogP) is 2.55. The summed E-state index contributed by atoms with van der Waals surface area (Å²) < 4.78 is 0. The molecule has 0 unspecified atom stereocenters. The van der Waals surface area contributed by atoms with Crippen molar-refractivity contribution in [2.45, 2.75) is 18.9 Å². The van der Waals surface area contributed by atoms with Crippen molar-refractivity contribution in [1.29, 1.82) is 0 Å². The van der Waals surface area contributed by atoms with Crippen LogP contribution < -0.4 is 5.73 Å². The molecule has 7 heteroatoms. The fourth-order valence-corrected chi connectivity index (χ4v) is 3.49. The minimum Gasteiger partial charge on any atom is -0.339 e. The van der Waals surface area contributed by atoms with Crippen molar-refractivity contribution in [3.05, 3.63) is 70.7 Å². The van der Waals surface area contributed by atoms with Crippen LogP contribution in [0.2, 0.25) is 5.02 Å². The first kappa shape index (κ1) is 22.2. The highest BCUT2D eigenvalue weighted by atomic mass is 35.5. The van der Waals surface area contributed by atoms with Crippen molar-refractivity contribution >= 4 is 35.8 Å². The molecule has 1 aliphatic heterocycles. The Morgan fingerprint density at radius 2 is 1.50 bits per heavy atom. The molecule has 1 fully saturated rings. The second-order valence-corrected chi connectivity index (χ2v) is 7.18. The van der Waals surface area contributed by atoms with E-state index in [-0.39, 0.29) is 30.6 Å². The topological polar surface area (TPSA) is 66.6 Å². The Hall–Kier alpha value is -2.08. The number of benzene rings is 2. The Balaban J connectivity index is 0.00000280. The number of carbonyl (C=O) groups is 2. The van der Waals surface area contributed by atoms with Gasteiger partial charge in [0, 0.05) is 31.2 Å². The lowest BCUT2D eigenvalue weighted by Crippen LogP contribution is -2.55. The minimum atomic E-state index is -0.558. The van der Waals surface area contributed by atoms with Gasteiger partial charge >= 0.3 is 0 Å². The average molecular weight is 422 g/mol. The molecule has 28 heavy (non-hydrogen) atoms. The first-order valence-electron chi connectivity index (χ1n) is 9.14. The zero-order chi connectivity index (χ0) is 19.2. The highest BCUT2D eigenvalue weighted by molar-refractivity contribution is 6.31. The van der Waals surface area contributed by atoms with E-state index in [0.717, 1.165) is 11.1 Å². The average Bonchev–Trinajstić information content (AvgIpc) is 2.70. The van der Waals surface area contributed by atoms with Crippen LogP contribution >= 0.6 is 24.0 Å². The molecule has 1 aliphatic rings. The van der Waals surface area contributed by atoms with Gasteiger partial charge in [-0.05, 0) is 23.6 Å². The number of nitrogens with two attached hydrogens (primary N) is 1. The van der Waals surface area contributed by atoms with Crippen LogP contribution in [0.25, 0.3) is 0 Å². The summed E-state index contributed by atoms with van der Waals surface area (Å²) in [7, 11) is 0. The molecule has 0 radical (unpaired) electrons. The molecule has 0 spiro atoms. The standard InChI is InChI=1S/C21H24ClN3O2.ClH/c22-18-9-5-4-8-17(18)15-20(26)24-10-12-25(13-11-24)21(27)19(23)14-16-6-2-1-3-7-16;/h1-9,19H,10-15,23H2;1H/t19-;/m0./s1. The Morgan fingerprint density at radius 3 is 2.14 bits per heavy atom. The number of nitrogens with zero attached hydrogens (tertiary/aromatic N) is 2. The van der Waals surface area contributed by atoms with E-state index in [0.29, 0.717) is 37.6 Å². The zero-order valence-electron chi connectivity index (χ0n) is 15.6. The number of hydrogen-bond acceptors (Lipinski definition) is 3. The van der Waals surface area contributed by atoms with E-state index >= 15 is 0 Å². The lowest BCUT2D eigenvalue weighted by molar-refractivity contribution is -0.140. The van der Waals surface area contributed by atoms with E-state index in [9.17, 15) is 9.59 Å². The maximum absolute atomic E-state index is 12.6. The molecule has 150 valence electrons. The second kappa shape index (κ2) is 10.5.